The summed E-state index contributed by atoms with van der Waals surface area (Å²) in [4.78, 5) is 4.38. The third-order valence-electron chi connectivity index (χ3n) is 4.10. The van der Waals surface area contributed by atoms with Crippen LogP contribution in [-0.4, -0.2) is 19.8 Å². The van der Waals surface area contributed by atoms with Crippen LogP contribution in [0.15, 0.2) is 66.0 Å². The van der Waals surface area contributed by atoms with Crippen molar-refractivity contribution in [1.29, 1.82) is 5.26 Å². The fourth-order valence-corrected chi connectivity index (χ4v) is 3.69. The molecule has 0 aliphatic rings. The minimum Gasteiger partial charge on any atom is -0.390 e. The molecule has 0 saturated heterocycles. The highest BCUT2D eigenvalue weighted by molar-refractivity contribution is 7.98. The molecule has 132 valence electrons. The Hall–Kier alpha value is -2.59. The van der Waals surface area contributed by atoms with Crippen molar-refractivity contribution in [1.82, 2.24) is 9.55 Å². The van der Waals surface area contributed by atoms with Crippen molar-refractivity contribution in [3.05, 3.63) is 83.2 Å². The first-order valence-electron chi connectivity index (χ1n) is 8.22. The first kappa shape index (κ1) is 18.2. The predicted octanol–water partition coefficient (Wildman–Crippen LogP) is 3.27. The smallest absolute Gasteiger partial charge is 0.168 e. The Morgan fingerprint density at radius 2 is 1.85 bits per heavy atom. The molecule has 1 atom stereocenters. The molecule has 1 heterocycles. The Bertz CT molecular complexity index is 903. The predicted molar refractivity (Wildman–Crippen MR) is 100 cm³/mol. The molecule has 0 fully saturated rings. The summed E-state index contributed by atoms with van der Waals surface area (Å²) in [6.07, 6.45) is 0.928. The van der Waals surface area contributed by atoms with E-state index in [1.54, 1.807) is 12.3 Å². The number of nitrogens with zero attached hydrogens (tertiary/aromatic N) is 3. The Kier molecular flexibility index (Phi) is 6.08. The van der Waals surface area contributed by atoms with Crippen molar-refractivity contribution in [2.24, 2.45) is 0 Å². The fraction of sp³-hybridized carbons (Fsp3) is 0.200. The number of imidazole rings is 1. The van der Waals surface area contributed by atoms with Gasteiger partial charge in [-0.15, -0.1) is 0 Å². The summed E-state index contributed by atoms with van der Waals surface area (Å²) in [5, 5.41) is 30.0. The second kappa shape index (κ2) is 8.68. The summed E-state index contributed by atoms with van der Waals surface area (Å²) in [6, 6.07) is 19.1. The number of thioether (sulfide) groups is 1. The normalized spacial score (nSPS) is 11.9. The molecular formula is C20H19N3O2S. The molecule has 0 unspecified atom stereocenters. The number of aromatic nitrogens is 2. The van der Waals surface area contributed by atoms with Gasteiger partial charge in [0, 0.05) is 5.75 Å². The van der Waals surface area contributed by atoms with E-state index in [9.17, 15) is 15.5 Å². The number of nitriles is 1. The van der Waals surface area contributed by atoms with Crippen molar-refractivity contribution in [3.63, 3.8) is 0 Å². The van der Waals surface area contributed by atoms with Gasteiger partial charge >= 0.3 is 0 Å². The van der Waals surface area contributed by atoms with E-state index in [2.05, 4.69) is 11.1 Å². The zero-order chi connectivity index (χ0) is 18.4. The van der Waals surface area contributed by atoms with Crippen LogP contribution in [0.1, 0.15) is 28.5 Å². The van der Waals surface area contributed by atoms with Crippen LogP contribution < -0.4 is 0 Å². The topological polar surface area (TPSA) is 82.1 Å². The first-order valence-corrected chi connectivity index (χ1v) is 9.20. The lowest BCUT2D eigenvalue weighted by Crippen LogP contribution is -2.12. The standard InChI is InChI=1S/C20H19N3O2S/c21-10-16-8-4-5-9-17(16)14-26-20-22-11-18(13-24)23(20)12-19(25)15-6-2-1-3-7-15/h1-9,11,19,24-25H,12-14H2/t19-/m0/s1. The number of rotatable bonds is 7. The van der Waals surface area contributed by atoms with Gasteiger partial charge in [0.2, 0.25) is 0 Å². The van der Waals surface area contributed by atoms with Crippen LogP contribution in [0.3, 0.4) is 0 Å². The largest absolute Gasteiger partial charge is 0.390 e. The van der Waals surface area contributed by atoms with Gasteiger partial charge in [-0.2, -0.15) is 5.26 Å². The van der Waals surface area contributed by atoms with E-state index in [1.165, 1.54) is 11.8 Å². The SMILES string of the molecule is N#Cc1ccccc1CSc1ncc(CO)n1C[C@H](O)c1ccccc1. The molecule has 2 N–H and O–H groups in total. The summed E-state index contributed by atoms with van der Waals surface area (Å²) in [5.41, 5.74) is 3.04. The van der Waals surface area contributed by atoms with E-state index in [1.807, 2.05) is 53.1 Å². The molecule has 2 aromatic carbocycles. The van der Waals surface area contributed by atoms with E-state index in [4.69, 9.17) is 0 Å². The summed E-state index contributed by atoms with van der Waals surface area (Å²) in [7, 11) is 0. The summed E-state index contributed by atoms with van der Waals surface area (Å²) in [5.74, 6) is 0.590. The fourth-order valence-electron chi connectivity index (χ4n) is 2.68. The van der Waals surface area contributed by atoms with Crippen LogP contribution in [0.25, 0.3) is 0 Å². The molecule has 0 aliphatic heterocycles. The number of benzene rings is 2. The highest BCUT2D eigenvalue weighted by Crippen LogP contribution is 2.26. The van der Waals surface area contributed by atoms with E-state index >= 15 is 0 Å². The van der Waals surface area contributed by atoms with E-state index in [0.29, 0.717) is 28.7 Å². The number of aliphatic hydroxyl groups excluding tert-OH is 2. The molecule has 3 rings (SSSR count). The lowest BCUT2D eigenvalue weighted by atomic mass is 10.1. The van der Waals surface area contributed by atoms with Gasteiger partial charge in [0.05, 0.1) is 42.8 Å². The first-order chi connectivity index (χ1) is 12.7. The van der Waals surface area contributed by atoms with Gasteiger partial charge in [-0.05, 0) is 17.2 Å². The second-order valence-electron chi connectivity index (χ2n) is 5.78. The second-order valence-corrected chi connectivity index (χ2v) is 6.73. The van der Waals surface area contributed by atoms with E-state index < -0.39 is 6.10 Å². The molecule has 3 aromatic rings. The molecule has 0 spiro atoms. The Labute approximate surface area is 156 Å². The zero-order valence-corrected chi connectivity index (χ0v) is 14.9. The van der Waals surface area contributed by atoms with Crippen LogP contribution in [0.4, 0.5) is 0 Å². The maximum Gasteiger partial charge on any atom is 0.168 e. The van der Waals surface area contributed by atoms with Crippen molar-refractivity contribution < 1.29 is 10.2 Å². The average Bonchev–Trinajstić information content (AvgIpc) is 3.08. The molecule has 26 heavy (non-hydrogen) atoms. The number of hydrogen-bond acceptors (Lipinski definition) is 5. The van der Waals surface area contributed by atoms with Crippen molar-refractivity contribution >= 4 is 11.8 Å². The lowest BCUT2D eigenvalue weighted by Gasteiger charge is -2.16. The van der Waals surface area contributed by atoms with E-state index in [0.717, 1.165) is 11.1 Å². The van der Waals surface area contributed by atoms with Crippen LogP contribution in [0.2, 0.25) is 0 Å². The lowest BCUT2D eigenvalue weighted by molar-refractivity contribution is 0.148. The summed E-state index contributed by atoms with van der Waals surface area (Å²) >= 11 is 1.48. The molecular weight excluding hydrogens is 346 g/mol. The Balaban J connectivity index is 1.78. The summed E-state index contributed by atoms with van der Waals surface area (Å²) < 4.78 is 1.83. The van der Waals surface area contributed by atoms with Crippen LogP contribution >= 0.6 is 11.8 Å². The molecule has 0 amide bonds. The molecule has 0 bridgehead atoms. The van der Waals surface area contributed by atoms with Crippen LogP contribution in [-0.2, 0) is 18.9 Å². The molecule has 1 aromatic heterocycles. The minimum absolute atomic E-state index is 0.149. The monoisotopic (exact) mass is 365 g/mol. The van der Waals surface area contributed by atoms with Crippen LogP contribution in [0, 0.1) is 11.3 Å². The third kappa shape index (κ3) is 4.14. The van der Waals surface area contributed by atoms with Crippen LogP contribution in [0.5, 0.6) is 0 Å². The molecule has 0 aliphatic carbocycles. The van der Waals surface area contributed by atoms with Gasteiger partial charge in [0.1, 0.15) is 0 Å². The number of aliphatic hydroxyl groups is 2. The van der Waals surface area contributed by atoms with Gasteiger partial charge in [0.25, 0.3) is 0 Å². The van der Waals surface area contributed by atoms with Crippen molar-refractivity contribution in [2.45, 2.75) is 30.2 Å². The molecule has 6 heteroatoms. The Morgan fingerprint density at radius 1 is 1.12 bits per heavy atom. The third-order valence-corrected chi connectivity index (χ3v) is 5.14. The minimum atomic E-state index is -0.693. The van der Waals surface area contributed by atoms with Gasteiger partial charge in [-0.1, -0.05) is 60.3 Å². The highest BCUT2D eigenvalue weighted by atomic mass is 32.2. The quantitative estimate of drug-likeness (QED) is 0.628. The van der Waals surface area contributed by atoms with Gasteiger partial charge < -0.3 is 14.8 Å². The molecule has 0 radical (unpaired) electrons. The number of hydrogen-bond donors (Lipinski definition) is 2. The van der Waals surface area contributed by atoms with E-state index in [-0.39, 0.29) is 6.61 Å². The van der Waals surface area contributed by atoms with Gasteiger partial charge in [-0.25, -0.2) is 4.98 Å². The average molecular weight is 365 g/mol. The van der Waals surface area contributed by atoms with Gasteiger partial charge in [0.15, 0.2) is 5.16 Å². The van der Waals surface area contributed by atoms with Gasteiger partial charge in [-0.3, -0.25) is 0 Å². The highest BCUT2D eigenvalue weighted by Gasteiger charge is 2.16. The summed E-state index contributed by atoms with van der Waals surface area (Å²) in [6.45, 7) is 0.159. The maximum absolute atomic E-state index is 10.5. The van der Waals surface area contributed by atoms with Crippen molar-refractivity contribution in [2.75, 3.05) is 0 Å². The Morgan fingerprint density at radius 3 is 2.58 bits per heavy atom. The van der Waals surface area contributed by atoms with Crippen molar-refractivity contribution in [3.8, 4) is 6.07 Å². The molecule has 0 saturated carbocycles. The maximum atomic E-state index is 10.5. The molecule has 5 nitrogen and oxygen atoms in total. The zero-order valence-electron chi connectivity index (χ0n) is 14.1.